The second-order valence-corrected chi connectivity index (χ2v) is 8.56. The van der Waals surface area contributed by atoms with Crippen LogP contribution in [0.4, 0.5) is 0 Å². The molecule has 1 fully saturated rings. The van der Waals surface area contributed by atoms with Crippen molar-refractivity contribution < 1.29 is 33.6 Å². The quantitative estimate of drug-likeness (QED) is 0.196. The van der Waals surface area contributed by atoms with Crippen molar-refractivity contribution in [3.63, 3.8) is 0 Å². The second kappa shape index (κ2) is 12.4. The van der Waals surface area contributed by atoms with E-state index >= 15 is 0 Å². The molecule has 2 aromatic carbocycles. The minimum absolute atomic E-state index is 0.0139. The van der Waals surface area contributed by atoms with Crippen LogP contribution in [0.2, 0.25) is 0 Å². The molecule has 0 spiro atoms. The number of ketones is 1. The van der Waals surface area contributed by atoms with Gasteiger partial charge < -0.3 is 29.0 Å². The van der Waals surface area contributed by atoms with Gasteiger partial charge in [-0.1, -0.05) is 12.1 Å². The highest BCUT2D eigenvalue weighted by atomic mass is 16.5. The van der Waals surface area contributed by atoms with E-state index in [2.05, 4.69) is 0 Å². The maximum Gasteiger partial charge on any atom is 0.295 e. The lowest BCUT2D eigenvalue weighted by molar-refractivity contribution is -0.140. The molecule has 0 radical (unpaired) electrons. The zero-order valence-electron chi connectivity index (χ0n) is 21.6. The third-order valence-electron chi connectivity index (χ3n) is 5.79. The summed E-state index contributed by atoms with van der Waals surface area (Å²) in [5.74, 6) is -0.103. The lowest BCUT2D eigenvalue weighted by Gasteiger charge is -2.26. The highest BCUT2D eigenvalue weighted by molar-refractivity contribution is 6.46. The maximum absolute atomic E-state index is 13.3. The number of ether oxygens (including phenoxy) is 4. The molecule has 1 amide bonds. The summed E-state index contributed by atoms with van der Waals surface area (Å²) in [5, 5.41) is 11.4. The lowest BCUT2D eigenvalue weighted by atomic mass is 9.95. The summed E-state index contributed by atoms with van der Waals surface area (Å²) in [4.78, 5) is 27.9. The van der Waals surface area contributed by atoms with Gasteiger partial charge in [0.2, 0.25) is 0 Å². The van der Waals surface area contributed by atoms with Crippen molar-refractivity contribution in [2.75, 3.05) is 33.5 Å². The van der Waals surface area contributed by atoms with Crippen LogP contribution in [-0.2, 0) is 14.3 Å². The van der Waals surface area contributed by atoms with E-state index in [4.69, 9.17) is 18.9 Å². The van der Waals surface area contributed by atoms with E-state index in [0.29, 0.717) is 61.2 Å². The number of rotatable bonds is 12. The third-order valence-corrected chi connectivity index (χ3v) is 5.79. The van der Waals surface area contributed by atoms with Crippen molar-refractivity contribution in [2.45, 2.75) is 46.3 Å². The molecule has 1 N–H and O–H groups in total. The predicted molar refractivity (Wildman–Crippen MR) is 136 cm³/mol. The van der Waals surface area contributed by atoms with E-state index in [-0.39, 0.29) is 17.4 Å². The van der Waals surface area contributed by atoms with Crippen LogP contribution in [0.5, 0.6) is 17.2 Å². The number of aliphatic hydroxyl groups is 1. The average Bonchev–Trinajstić information content (AvgIpc) is 3.11. The first-order valence-corrected chi connectivity index (χ1v) is 12.3. The van der Waals surface area contributed by atoms with Crippen LogP contribution in [0.15, 0.2) is 48.0 Å². The molecule has 1 heterocycles. The fourth-order valence-corrected chi connectivity index (χ4v) is 4.17. The molecule has 8 nitrogen and oxygen atoms in total. The number of Topliss-reactive ketones (excluding diaryl/α,β-unsaturated/α-hetero) is 1. The number of likely N-dealkylation sites (tertiary alicyclic amines) is 1. The van der Waals surface area contributed by atoms with Gasteiger partial charge in [0, 0.05) is 19.2 Å². The fourth-order valence-electron chi connectivity index (χ4n) is 4.17. The van der Waals surface area contributed by atoms with Crippen LogP contribution in [0.25, 0.3) is 5.76 Å². The number of nitrogens with zero attached hydrogens (tertiary/aromatic N) is 1. The summed E-state index contributed by atoms with van der Waals surface area (Å²) in [6.07, 6.45) is 0.611. The summed E-state index contributed by atoms with van der Waals surface area (Å²) in [6, 6.07) is 11.4. The number of aliphatic hydroxyl groups excluding tert-OH is 1. The topological polar surface area (TPSA) is 94.5 Å². The number of hydrogen-bond acceptors (Lipinski definition) is 7. The summed E-state index contributed by atoms with van der Waals surface area (Å²) in [7, 11) is 1.57. The number of carbonyl (C=O) groups excluding carboxylic acids is 2. The Balaban J connectivity index is 2.09. The molecule has 0 saturated carbocycles. The van der Waals surface area contributed by atoms with Gasteiger partial charge in [0.05, 0.1) is 43.6 Å². The van der Waals surface area contributed by atoms with Gasteiger partial charge in [0.1, 0.15) is 23.0 Å². The summed E-state index contributed by atoms with van der Waals surface area (Å²) < 4.78 is 22.2. The van der Waals surface area contributed by atoms with Gasteiger partial charge in [-0.15, -0.1) is 0 Å². The number of hydrogen-bond donors (Lipinski definition) is 1. The van der Waals surface area contributed by atoms with E-state index < -0.39 is 17.7 Å². The van der Waals surface area contributed by atoms with Gasteiger partial charge in [-0.2, -0.15) is 0 Å². The second-order valence-electron chi connectivity index (χ2n) is 8.56. The van der Waals surface area contributed by atoms with Crippen molar-refractivity contribution in [2.24, 2.45) is 0 Å². The summed E-state index contributed by atoms with van der Waals surface area (Å²) >= 11 is 0. The molecule has 3 rings (SSSR count). The van der Waals surface area contributed by atoms with Gasteiger partial charge in [-0.05, 0) is 63.9 Å². The Morgan fingerprint density at radius 1 is 1.00 bits per heavy atom. The van der Waals surface area contributed by atoms with Gasteiger partial charge in [0.25, 0.3) is 11.7 Å². The van der Waals surface area contributed by atoms with Crippen LogP contribution in [-0.4, -0.2) is 61.3 Å². The molecule has 0 aromatic heterocycles. The summed E-state index contributed by atoms with van der Waals surface area (Å²) in [6.45, 7) is 9.15. The molecule has 1 saturated heterocycles. The zero-order chi connectivity index (χ0) is 26.2. The number of methoxy groups -OCH3 is 1. The van der Waals surface area contributed by atoms with Crippen LogP contribution >= 0.6 is 0 Å². The monoisotopic (exact) mass is 497 g/mol. The molecule has 1 unspecified atom stereocenters. The molecule has 1 aliphatic rings. The molecule has 2 aromatic rings. The van der Waals surface area contributed by atoms with E-state index in [0.717, 1.165) is 0 Å². The lowest BCUT2D eigenvalue weighted by Crippen LogP contribution is -2.31. The van der Waals surface area contributed by atoms with Crippen molar-refractivity contribution in [3.8, 4) is 17.2 Å². The molecule has 1 atom stereocenters. The van der Waals surface area contributed by atoms with Crippen molar-refractivity contribution in [3.05, 3.63) is 59.2 Å². The number of amides is 1. The molecule has 0 bridgehead atoms. The third kappa shape index (κ3) is 5.99. The van der Waals surface area contributed by atoms with Gasteiger partial charge in [-0.25, -0.2) is 0 Å². The first kappa shape index (κ1) is 27.1. The molecule has 1 aliphatic heterocycles. The van der Waals surface area contributed by atoms with E-state index in [1.807, 2.05) is 27.7 Å². The van der Waals surface area contributed by atoms with E-state index in [1.165, 1.54) is 4.90 Å². The first-order valence-electron chi connectivity index (χ1n) is 12.3. The minimum atomic E-state index is -0.768. The van der Waals surface area contributed by atoms with Gasteiger partial charge >= 0.3 is 0 Å². The Hall–Kier alpha value is -3.52. The normalized spacial score (nSPS) is 17.1. The largest absolute Gasteiger partial charge is 0.507 e. The fraction of sp³-hybridized carbons (Fsp3) is 0.429. The smallest absolute Gasteiger partial charge is 0.295 e. The molecular formula is C28H35NO7. The first-order chi connectivity index (χ1) is 17.3. The molecule has 36 heavy (non-hydrogen) atoms. The van der Waals surface area contributed by atoms with Crippen LogP contribution in [0, 0.1) is 0 Å². The maximum atomic E-state index is 13.3. The number of carbonyl (C=O) groups is 2. The van der Waals surface area contributed by atoms with Gasteiger partial charge in [0.15, 0.2) is 0 Å². The SMILES string of the molecule is CCOc1ccc(/C(O)=C2/C(=O)C(=O)N(CCCOC(C)C)C2c2ccc(OC)cc2)c(OCC)c1. The van der Waals surface area contributed by atoms with Crippen LogP contribution in [0.1, 0.15) is 51.3 Å². The minimum Gasteiger partial charge on any atom is -0.507 e. The van der Waals surface area contributed by atoms with Crippen molar-refractivity contribution in [1.82, 2.24) is 4.90 Å². The highest BCUT2D eigenvalue weighted by Gasteiger charge is 2.46. The molecular weight excluding hydrogens is 462 g/mol. The number of benzene rings is 2. The zero-order valence-corrected chi connectivity index (χ0v) is 21.6. The van der Waals surface area contributed by atoms with E-state index in [9.17, 15) is 14.7 Å². The summed E-state index contributed by atoms with van der Waals surface area (Å²) in [5.41, 5.74) is 1.02. The Labute approximate surface area is 212 Å². The molecule has 0 aliphatic carbocycles. The Morgan fingerprint density at radius 3 is 2.28 bits per heavy atom. The molecule has 8 heteroatoms. The molecule has 194 valence electrons. The standard InChI is InChI=1S/C28H35NO7/c1-6-34-21-13-14-22(23(17-21)35-7-2)26(30)24-25(19-9-11-20(33-5)12-10-19)29(28(32)27(24)31)15-8-16-36-18(3)4/h9-14,17-18,25,30H,6-8,15-16H2,1-5H3/b26-24-. The Kier molecular flexibility index (Phi) is 9.36. The Morgan fingerprint density at radius 2 is 1.67 bits per heavy atom. The average molecular weight is 498 g/mol. The van der Waals surface area contributed by atoms with Crippen LogP contribution in [0.3, 0.4) is 0 Å². The van der Waals surface area contributed by atoms with Crippen molar-refractivity contribution >= 4 is 17.4 Å². The van der Waals surface area contributed by atoms with E-state index in [1.54, 1.807) is 49.6 Å². The Bertz CT molecular complexity index is 1090. The predicted octanol–water partition coefficient (Wildman–Crippen LogP) is 4.73. The van der Waals surface area contributed by atoms with Gasteiger partial charge in [-0.3, -0.25) is 9.59 Å². The van der Waals surface area contributed by atoms with Crippen molar-refractivity contribution in [1.29, 1.82) is 0 Å². The van der Waals surface area contributed by atoms with Crippen LogP contribution < -0.4 is 14.2 Å². The highest BCUT2D eigenvalue weighted by Crippen LogP contribution is 2.42.